The van der Waals surface area contributed by atoms with Crippen LogP contribution in [0.2, 0.25) is 0 Å². The van der Waals surface area contributed by atoms with Gasteiger partial charge in [0.2, 0.25) is 5.91 Å². The lowest BCUT2D eigenvalue weighted by Gasteiger charge is -2.12. The molecule has 4 rings (SSSR count). The molecule has 0 bridgehead atoms. The molecule has 154 valence electrons. The van der Waals surface area contributed by atoms with Gasteiger partial charge in [0.15, 0.2) is 0 Å². The number of thiophene rings is 2. The third-order valence-corrected chi connectivity index (χ3v) is 6.77. The van der Waals surface area contributed by atoms with Crippen LogP contribution in [0.5, 0.6) is 0 Å². The van der Waals surface area contributed by atoms with Crippen LogP contribution in [0.25, 0.3) is 10.2 Å². The lowest BCUT2D eigenvalue weighted by Crippen LogP contribution is -2.41. The summed E-state index contributed by atoms with van der Waals surface area (Å²) in [7, 11) is 0. The summed E-state index contributed by atoms with van der Waals surface area (Å²) in [5.74, 6) is -0.308. The van der Waals surface area contributed by atoms with Crippen LogP contribution in [0.3, 0.4) is 0 Å². The molecular weight excluding hydrogens is 418 g/mol. The molecule has 6 nitrogen and oxygen atoms in total. The highest BCUT2D eigenvalue weighted by Gasteiger charge is 2.16. The van der Waals surface area contributed by atoms with Crippen LogP contribution in [0.15, 0.2) is 62.8 Å². The Morgan fingerprint density at radius 2 is 1.80 bits per heavy atom. The van der Waals surface area contributed by atoms with Gasteiger partial charge in [0.25, 0.3) is 5.56 Å². The number of carbonyl (C=O) groups excluding carboxylic acids is 1. The minimum Gasteiger partial charge on any atom is -0.325 e. The number of nitrogens with one attached hydrogen (secondary N) is 1. The molecule has 3 aromatic heterocycles. The Morgan fingerprint density at radius 3 is 2.50 bits per heavy atom. The minimum absolute atomic E-state index is 0.152. The van der Waals surface area contributed by atoms with E-state index >= 15 is 0 Å². The van der Waals surface area contributed by atoms with Crippen molar-refractivity contribution in [2.75, 3.05) is 5.32 Å². The first-order valence-corrected chi connectivity index (χ1v) is 11.4. The highest BCUT2D eigenvalue weighted by Crippen LogP contribution is 2.16. The molecule has 1 N–H and O–H groups in total. The Labute approximate surface area is 181 Å². The molecule has 8 heteroatoms. The molecule has 0 aliphatic rings. The largest absolute Gasteiger partial charge is 0.332 e. The van der Waals surface area contributed by atoms with Gasteiger partial charge in [-0.1, -0.05) is 25.1 Å². The van der Waals surface area contributed by atoms with Crippen LogP contribution in [0, 0.1) is 0 Å². The molecule has 3 heterocycles. The number of amides is 1. The lowest BCUT2D eigenvalue weighted by atomic mass is 10.1. The van der Waals surface area contributed by atoms with E-state index in [1.54, 1.807) is 22.8 Å². The van der Waals surface area contributed by atoms with E-state index in [9.17, 15) is 14.4 Å². The fourth-order valence-corrected chi connectivity index (χ4v) is 4.87. The van der Waals surface area contributed by atoms with Crippen molar-refractivity contribution in [1.29, 1.82) is 0 Å². The summed E-state index contributed by atoms with van der Waals surface area (Å²) in [5.41, 5.74) is 1.60. The number of hydrogen-bond donors (Lipinski definition) is 1. The molecule has 4 aromatic rings. The van der Waals surface area contributed by atoms with Crippen molar-refractivity contribution in [3.05, 3.63) is 84.5 Å². The smallest absolute Gasteiger partial charge is 0.325 e. The van der Waals surface area contributed by atoms with Gasteiger partial charge >= 0.3 is 5.69 Å². The lowest BCUT2D eigenvalue weighted by molar-refractivity contribution is -0.116. The van der Waals surface area contributed by atoms with Gasteiger partial charge in [-0.25, -0.2) is 4.79 Å². The second-order valence-electron chi connectivity index (χ2n) is 6.89. The molecular formula is C22H21N3O3S2. The van der Waals surface area contributed by atoms with E-state index in [-0.39, 0.29) is 24.6 Å². The summed E-state index contributed by atoms with van der Waals surface area (Å²) in [4.78, 5) is 39.7. The van der Waals surface area contributed by atoms with E-state index in [1.807, 2.05) is 41.8 Å². The standard InChI is InChI=1S/C22H21N3O3S2/c1-2-15-5-7-16(8-6-15)23-19(26)14-25-18-10-13-30-20(18)21(27)24(22(25)28)11-9-17-4-3-12-29-17/h3-8,10,12-13H,2,9,11,14H2,1H3,(H,23,26). The van der Waals surface area contributed by atoms with E-state index in [1.165, 1.54) is 26.0 Å². The number of hydrogen-bond acceptors (Lipinski definition) is 5. The number of benzene rings is 1. The normalized spacial score (nSPS) is 11.1. The van der Waals surface area contributed by atoms with Crippen molar-refractivity contribution in [2.45, 2.75) is 32.9 Å². The molecule has 1 amide bonds. The van der Waals surface area contributed by atoms with Gasteiger partial charge in [0.05, 0.1) is 5.52 Å². The number of aromatic nitrogens is 2. The summed E-state index contributed by atoms with van der Waals surface area (Å²) in [6, 6.07) is 13.3. The van der Waals surface area contributed by atoms with Crippen molar-refractivity contribution >= 4 is 44.5 Å². The van der Waals surface area contributed by atoms with Gasteiger partial charge in [-0.15, -0.1) is 22.7 Å². The average molecular weight is 440 g/mol. The molecule has 0 unspecified atom stereocenters. The molecule has 0 aliphatic heterocycles. The molecule has 0 atom stereocenters. The zero-order valence-corrected chi connectivity index (χ0v) is 18.1. The first-order valence-electron chi connectivity index (χ1n) is 9.69. The van der Waals surface area contributed by atoms with Crippen LogP contribution in [-0.2, 0) is 30.7 Å². The number of rotatable bonds is 7. The quantitative estimate of drug-likeness (QED) is 0.477. The summed E-state index contributed by atoms with van der Waals surface area (Å²) < 4.78 is 3.11. The van der Waals surface area contributed by atoms with E-state index in [0.717, 1.165) is 11.3 Å². The Morgan fingerprint density at radius 1 is 1.00 bits per heavy atom. The number of aryl methyl sites for hydroxylation is 2. The van der Waals surface area contributed by atoms with Crippen LogP contribution < -0.4 is 16.6 Å². The Hall–Kier alpha value is -2.97. The van der Waals surface area contributed by atoms with Gasteiger partial charge in [0, 0.05) is 17.1 Å². The number of anilines is 1. The maximum Gasteiger partial charge on any atom is 0.332 e. The molecule has 0 fully saturated rings. The van der Waals surface area contributed by atoms with E-state index < -0.39 is 5.69 Å². The Bertz CT molecular complexity index is 1280. The zero-order valence-electron chi connectivity index (χ0n) is 16.5. The molecule has 0 saturated heterocycles. The fourth-order valence-electron chi connectivity index (χ4n) is 3.33. The van der Waals surface area contributed by atoms with Crippen molar-refractivity contribution in [2.24, 2.45) is 0 Å². The topological polar surface area (TPSA) is 73.1 Å². The third kappa shape index (κ3) is 4.15. The molecule has 0 radical (unpaired) electrons. The van der Waals surface area contributed by atoms with Gasteiger partial charge < -0.3 is 5.32 Å². The van der Waals surface area contributed by atoms with Crippen molar-refractivity contribution < 1.29 is 4.79 Å². The number of nitrogens with zero attached hydrogens (tertiary/aromatic N) is 2. The van der Waals surface area contributed by atoms with E-state index in [0.29, 0.717) is 22.3 Å². The average Bonchev–Trinajstić information content (AvgIpc) is 3.44. The summed E-state index contributed by atoms with van der Waals surface area (Å²) in [6.07, 6.45) is 1.52. The predicted octanol–water partition coefficient (Wildman–Crippen LogP) is 3.73. The molecule has 1 aromatic carbocycles. The SMILES string of the molecule is CCc1ccc(NC(=O)Cn2c(=O)n(CCc3cccs3)c(=O)c3sccc32)cc1. The van der Waals surface area contributed by atoms with Crippen LogP contribution in [0.1, 0.15) is 17.4 Å². The molecule has 0 aliphatic carbocycles. The van der Waals surface area contributed by atoms with Crippen molar-refractivity contribution in [1.82, 2.24) is 9.13 Å². The molecule has 0 spiro atoms. The van der Waals surface area contributed by atoms with Crippen molar-refractivity contribution in [3.63, 3.8) is 0 Å². The second-order valence-corrected chi connectivity index (χ2v) is 8.84. The van der Waals surface area contributed by atoms with E-state index in [4.69, 9.17) is 0 Å². The van der Waals surface area contributed by atoms with Gasteiger partial charge in [-0.3, -0.25) is 18.7 Å². The summed E-state index contributed by atoms with van der Waals surface area (Å²) in [5, 5.41) is 6.57. The highest BCUT2D eigenvalue weighted by molar-refractivity contribution is 7.17. The van der Waals surface area contributed by atoms with Crippen LogP contribution in [-0.4, -0.2) is 15.0 Å². The summed E-state index contributed by atoms with van der Waals surface area (Å²) in [6.45, 7) is 2.20. The fraction of sp³-hybridized carbons (Fsp3) is 0.227. The van der Waals surface area contributed by atoms with Crippen LogP contribution in [0.4, 0.5) is 5.69 Å². The molecule has 0 saturated carbocycles. The monoisotopic (exact) mass is 439 g/mol. The van der Waals surface area contributed by atoms with Gasteiger partial charge in [0.1, 0.15) is 11.2 Å². The first-order chi connectivity index (χ1) is 14.6. The van der Waals surface area contributed by atoms with Gasteiger partial charge in [-0.05, 0) is 53.4 Å². The minimum atomic E-state index is -0.459. The Balaban J connectivity index is 1.62. The maximum absolute atomic E-state index is 13.1. The molecule has 30 heavy (non-hydrogen) atoms. The zero-order chi connectivity index (χ0) is 21.1. The first kappa shape index (κ1) is 20.3. The highest BCUT2D eigenvalue weighted by atomic mass is 32.1. The summed E-state index contributed by atoms with van der Waals surface area (Å²) >= 11 is 2.88. The maximum atomic E-state index is 13.1. The van der Waals surface area contributed by atoms with Crippen LogP contribution >= 0.6 is 22.7 Å². The number of fused-ring (bicyclic) bond motifs is 1. The Kier molecular flexibility index (Phi) is 5.96. The van der Waals surface area contributed by atoms with E-state index in [2.05, 4.69) is 12.2 Å². The predicted molar refractivity (Wildman–Crippen MR) is 123 cm³/mol. The number of carbonyl (C=O) groups is 1. The second kappa shape index (κ2) is 8.81. The third-order valence-electron chi connectivity index (χ3n) is 4.95. The van der Waals surface area contributed by atoms with Crippen molar-refractivity contribution in [3.8, 4) is 0 Å². The van der Waals surface area contributed by atoms with Gasteiger partial charge in [-0.2, -0.15) is 0 Å².